The van der Waals surface area contributed by atoms with Gasteiger partial charge in [0.2, 0.25) is 0 Å². The van der Waals surface area contributed by atoms with Gasteiger partial charge in [-0.3, -0.25) is 0 Å². The number of nitrogens with two attached hydrogens (primary N) is 1. The monoisotopic (exact) mass is 314 g/mol. The predicted octanol–water partition coefficient (Wildman–Crippen LogP) is 1.47. The number of ether oxygens (including phenoxy) is 2. The van der Waals surface area contributed by atoms with E-state index in [1.165, 1.54) is 12.4 Å². The molecule has 1 saturated heterocycles. The molecule has 3 heterocycles. The van der Waals surface area contributed by atoms with Gasteiger partial charge in [0.05, 0.1) is 19.8 Å². The number of aliphatic imine (C=N–C) groups is 1. The van der Waals surface area contributed by atoms with Crippen LogP contribution < -0.4 is 5.73 Å². The van der Waals surface area contributed by atoms with Gasteiger partial charge in [0, 0.05) is 29.4 Å². The van der Waals surface area contributed by atoms with Gasteiger partial charge in [-0.2, -0.15) is 0 Å². The molecule has 1 aromatic carbocycles. The van der Waals surface area contributed by atoms with Gasteiger partial charge in [0.1, 0.15) is 17.7 Å². The van der Waals surface area contributed by atoms with Crippen molar-refractivity contribution in [3.05, 3.63) is 48.3 Å². The van der Waals surface area contributed by atoms with E-state index in [1.807, 2.05) is 0 Å². The molecule has 0 bridgehead atoms. The van der Waals surface area contributed by atoms with Crippen LogP contribution >= 0.6 is 0 Å². The summed E-state index contributed by atoms with van der Waals surface area (Å²) < 4.78 is 25.5. The van der Waals surface area contributed by atoms with Crippen molar-refractivity contribution in [2.75, 3.05) is 19.8 Å². The van der Waals surface area contributed by atoms with Crippen molar-refractivity contribution in [2.24, 2.45) is 16.6 Å². The second-order valence-electron chi connectivity index (χ2n) is 5.72. The molecule has 2 unspecified atom stereocenters. The van der Waals surface area contributed by atoms with Crippen LogP contribution in [0.25, 0.3) is 11.1 Å². The Morgan fingerprint density at radius 1 is 1.17 bits per heavy atom. The third-order valence-electron chi connectivity index (χ3n) is 4.39. The van der Waals surface area contributed by atoms with Crippen molar-refractivity contribution in [3.8, 4) is 11.1 Å². The summed E-state index contributed by atoms with van der Waals surface area (Å²) in [7, 11) is 0. The Bertz CT molecular complexity index is 768. The summed E-state index contributed by atoms with van der Waals surface area (Å²) in [6, 6.07) is 4.98. The topological polar surface area (TPSA) is 82.6 Å². The largest absolute Gasteiger partial charge is 0.465 e. The molecule has 118 valence electrons. The molecular weight excluding hydrogens is 299 g/mol. The first-order valence-corrected chi connectivity index (χ1v) is 7.30. The Hall–Kier alpha value is -2.54. The Labute approximate surface area is 132 Å². The average Bonchev–Trinajstić information content (AvgIpc) is 3.00. The lowest BCUT2D eigenvalue weighted by atomic mass is 9.79. The lowest BCUT2D eigenvalue weighted by molar-refractivity contribution is 0.154. The van der Waals surface area contributed by atoms with Gasteiger partial charge < -0.3 is 15.2 Å². The first kappa shape index (κ1) is 14.1. The molecule has 7 heteroatoms. The van der Waals surface area contributed by atoms with E-state index in [0.29, 0.717) is 18.8 Å². The number of aromatic nitrogens is 2. The maximum absolute atomic E-state index is 14.6. The summed E-state index contributed by atoms with van der Waals surface area (Å²) in [5.74, 6) is -0.397. The van der Waals surface area contributed by atoms with Gasteiger partial charge in [0.25, 0.3) is 6.02 Å². The van der Waals surface area contributed by atoms with Crippen LogP contribution in [-0.4, -0.2) is 35.8 Å². The molecule has 0 saturated carbocycles. The molecule has 0 aliphatic carbocycles. The van der Waals surface area contributed by atoms with Crippen molar-refractivity contribution >= 4 is 6.02 Å². The Morgan fingerprint density at radius 3 is 2.83 bits per heavy atom. The van der Waals surface area contributed by atoms with Crippen molar-refractivity contribution in [3.63, 3.8) is 0 Å². The van der Waals surface area contributed by atoms with Gasteiger partial charge in [-0.25, -0.2) is 19.4 Å². The summed E-state index contributed by atoms with van der Waals surface area (Å²) in [6.07, 6.45) is 4.83. The summed E-state index contributed by atoms with van der Waals surface area (Å²) in [4.78, 5) is 12.4. The van der Waals surface area contributed by atoms with Gasteiger partial charge >= 0.3 is 0 Å². The van der Waals surface area contributed by atoms with E-state index < -0.39 is 5.54 Å². The molecule has 23 heavy (non-hydrogen) atoms. The highest BCUT2D eigenvalue weighted by Gasteiger charge is 2.50. The van der Waals surface area contributed by atoms with E-state index in [9.17, 15) is 4.39 Å². The molecule has 1 aromatic heterocycles. The Balaban J connectivity index is 1.86. The van der Waals surface area contributed by atoms with Crippen molar-refractivity contribution in [2.45, 2.75) is 5.54 Å². The molecule has 0 amide bonds. The van der Waals surface area contributed by atoms with E-state index in [-0.39, 0.29) is 24.4 Å². The SMILES string of the molecule is NC1=NC2(c3cc(-c4cncnc4)ccc3F)COCC2CO1. The third kappa shape index (κ3) is 2.24. The molecule has 2 aliphatic heterocycles. The lowest BCUT2D eigenvalue weighted by Gasteiger charge is -2.34. The van der Waals surface area contributed by atoms with Crippen LogP contribution in [0.1, 0.15) is 5.56 Å². The molecule has 2 aliphatic rings. The fourth-order valence-corrected chi connectivity index (χ4v) is 3.18. The first-order valence-electron chi connectivity index (χ1n) is 7.30. The summed E-state index contributed by atoms with van der Waals surface area (Å²) >= 11 is 0. The number of fused-ring (bicyclic) bond motifs is 1. The fourth-order valence-electron chi connectivity index (χ4n) is 3.18. The maximum Gasteiger partial charge on any atom is 0.282 e. The lowest BCUT2D eigenvalue weighted by Crippen LogP contribution is -2.43. The van der Waals surface area contributed by atoms with E-state index >= 15 is 0 Å². The van der Waals surface area contributed by atoms with Crippen molar-refractivity contribution in [1.82, 2.24) is 9.97 Å². The second kappa shape index (κ2) is 5.27. The normalized spacial score (nSPS) is 26.3. The maximum atomic E-state index is 14.6. The molecule has 2 N–H and O–H groups in total. The minimum atomic E-state index is -0.835. The molecule has 2 aromatic rings. The van der Waals surface area contributed by atoms with E-state index in [0.717, 1.165) is 11.1 Å². The van der Waals surface area contributed by atoms with Crippen molar-refractivity contribution in [1.29, 1.82) is 0 Å². The average molecular weight is 314 g/mol. The minimum Gasteiger partial charge on any atom is -0.465 e. The third-order valence-corrected chi connectivity index (χ3v) is 4.39. The van der Waals surface area contributed by atoms with Crippen LogP contribution in [0.2, 0.25) is 0 Å². The number of halogens is 1. The van der Waals surface area contributed by atoms with Crippen LogP contribution in [0, 0.1) is 11.7 Å². The van der Waals surface area contributed by atoms with Crippen LogP contribution in [-0.2, 0) is 15.0 Å². The number of amidine groups is 1. The van der Waals surface area contributed by atoms with E-state index in [1.54, 1.807) is 24.5 Å². The summed E-state index contributed by atoms with van der Waals surface area (Å²) in [6.45, 7) is 1.12. The van der Waals surface area contributed by atoms with Gasteiger partial charge in [0.15, 0.2) is 0 Å². The van der Waals surface area contributed by atoms with Crippen LogP contribution in [0.4, 0.5) is 4.39 Å². The highest BCUT2D eigenvalue weighted by atomic mass is 19.1. The van der Waals surface area contributed by atoms with Crippen LogP contribution in [0.15, 0.2) is 41.9 Å². The molecule has 0 radical (unpaired) electrons. The van der Waals surface area contributed by atoms with Gasteiger partial charge in [-0.15, -0.1) is 0 Å². The molecule has 6 nitrogen and oxygen atoms in total. The second-order valence-corrected chi connectivity index (χ2v) is 5.72. The van der Waals surface area contributed by atoms with Crippen LogP contribution in [0.3, 0.4) is 0 Å². The van der Waals surface area contributed by atoms with E-state index in [4.69, 9.17) is 15.2 Å². The highest BCUT2D eigenvalue weighted by molar-refractivity contribution is 5.73. The molecule has 1 fully saturated rings. The zero-order chi connectivity index (χ0) is 15.9. The predicted molar refractivity (Wildman–Crippen MR) is 81.0 cm³/mol. The summed E-state index contributed by atoms with van der Waals surface area (Å²) in [5, 5.41) is 0. The van der Waals surface area contributed by atoms with Gasteiger partial charge in [-0.1, -0.05) is 6.07 Å². The fraction of sp³-hybridized carbons (Fsp3) is 0.312. The number of hydrogen-bond donors (Lipinski definition) is 1. The standard InChI is InChI=1S/C16H15FN4O2/c17-14-2-1-10(11-4-19-9-20-5-11)3-13(14)16-8-22-6-12(16)7-23-15(18)21-16/h1-5,9,12H,6-8H2,(H2,18,21). The van der Waals surface area contributed by atoms with Crippen molar-refractivity contribution < 1.29 is 13.9 Å². The smallest absolute Gasteiger partial charge is 0.282 e. The number of nitrogens with zero attached hydrogens (tertiary/aromatic N) is 3. The molecule has 0 spiro atoms. The number of benzene rings is 1. The molecular formula is C16H15FN4O2. The zero-order valence-electron chi connectivity index (χ0n) is 12.3. The number of rotatable bonds is 2. The molecule has 4 rings (SSSR count). The number of hydrogen-bond acceptors (Lipinski definition) is 6. The van der Waals surface area contributed by atoms with E-state index in [2.05, 4.69) is 15.0 Å². The highest BCUT2D eigenvalue weighted by Crippen LogP contribution is 2.43. The Kier molecular flexibility index (Phi) is 3.23. The minimum absolute atomic E-state index is 0.0634. The van der Waals surface area contributed by atoms with Crippen LogP contribution in [0.5, 0.6) is 0 Å². The Morgan fingerprint density at radius 2 is 2.00 bits per heavy atom. The first-order chi connectivity index (χ1) is 11.2. The van der Waals surface area contributed by atoms with Gasteiger partial charge in [-0.05, 0) is 17.7 Å². The quantitative estimate of drug-likeness (QED) is 0.907. The summed E-state index contributed by atoms with van der Waals surface area (Å²) in [5.41, 5.74) is 7.00. The molecule has 2 atom stereocenters. The zero-order valence-corrected chi connectivity index (χ0v) is 12.3.